The van der Waals surface area contributed by atoms with Gasteiger partial charge in [0, 0.05) is 11.5 Å². The average Bonchev–Trinajstić information content (AvgIpc) is 2.88. The van der Waals surface area contributed by atoms with E-state index in [9.17, 15) is 9.59 Å². The summed E-state index contributed by atoms with van der Waals surface area (Å²) in [5.74, 6) is -0.394. The Kier molecular flexibility index (Phi) is 2.70. The number of ketones is 1. The lowest BCUT2D eigenvalue weighted by Gasteiger charge is -2.15. The minimum Gasteiger partial charge on any atom is -0.297 e. The summed E-state index contributed by atoms with van der Waals surface area (Å²) in [5, 5.41) is 3.95. The van der Waals surface area contributed by atoms with Gasteiger partial charge in [0.05, 0.1) is 17.8 Å². The molecule has 96 valence electrons. The fraction of sp³-hybridized carbons (Fsp3) is 0.167. The first-order chi connectivity index (χ1) is 9.08. The Labute approximate surface area is 117 Å². The van der Waals surface area contributed by atoms with Crippen molar-refractivity contribution in [2.45, 2.75) is 6.54 Å². The highest BCUT2D eigenvalue weighted by Crippen LogP contribution is 2.32. The van der Waals surface area contributed by atoms with E-state index in [0.29, 0.717) is 17.1 Å². The van der Waals surface area contributed by atoms with E-state index in [-0.39, 0.29) is 6.54 Å². The lowest BCUT2D eigenvalue weighted by Crippen LogP contribution is -2.30. The van der Waals surface area contributed by atoms with Crippen LogP contribution in [0.5, 0.6) is 0 Å². The molecule has 6 nitrogen and oxygen atoms in total. The molecule has 0 N–H and O–H groups in total. The molecule has 19 heavy (non-hydrogen) atoms. The minimum absolute atomic E-state index is 0.227. The van der Waals surface area contributed by atoms with E-state index in [1.54, 1.807) is 29.9 Å². The third kappa shape index (κ3) is 1.86. The van der Waals surface area contributed by atoms with Crippen LogP contribution in [0.15, 0.2) is 29.0 Å². The van der Waals surface area contributed by atoms with Gasteiger partial charge in [-0.15, -0.1) is 0 Å². The molecule has 1 amide bonds. The quantitative estimate of drug-likeness (QED) is 0.782. The molecule has 0 unspecified atom stereocenters. The minimum atomic E-state index is -0.531. The second-order valence-corrected chi connectivity index (χ2v) is 5.10. The standard InChI is InChI=1S/C12H9BrN4O2/c1-16-10(14-6-15-16)5-17-9-4-7(13)2-3-8(9)11(18)12(17)19/h2-4,6H,5H2,1H3. The number of fused-ring (bicyclic) bond motifs is 1. The number of aromatic nitrogens is 3. The molecule has 2 aromatic rings. The normalized spacial score (nSPS) is 14.1. The van der Waals surface area contributed by atoms with Crippen LogP contribution in [0.25, 0.3) is 0 Å². The van der Waals surface area contributed by atoms with Crippen molar-refractivity contribution in [3.8, 4) is 0 Å². The molecule has 1 aromatic heterocycles. The summed E-state index contributed by atoms with van der Waals surface area (Å²) in [6.45, 7) is 0.227. The molecule has 3 rings (SSSR count). The number of carbonyl (C=O) groups is 2. The fourth-order valence-corrected chi connectivity index (χ4v) is 2.38. The number of aryl methyl sites for hydroxylation is 1. The lowest BCUT2D eigenvalue weighted by molar-refractivity contribution is -0.114. The van der Waals surface area contributed by atoms with Crippen LogP contribution in [-0.2, 0) is 18.4 Å². The number of carbonyl (C=O) groups excluding carboxylic acids is 2. The number of Topliss-reactive ketones (excluding diaryl/α,β-unsaturated/α-hetero) is 1. The zero-order chi connectivity index (χ0) is 13.6. The number of anilines is 1. The Morgan fingerprint density at radius 2 is 2.11 bits per heavy atom. The average molecular weight is 321 g/mol. The molecule has 0 radical (unpaired) electrons. The molecule has 1 aliphatic heterocycles. The molecule has 0 saturated carbocycles. The predicted molar refractivity (Wildman–Crippen MR) is 70.7 cm³/mol. The first-order valence-corrected chi connectivity index (χ1v) is 6.36. The Bertz CT molecular complexity index is 695. The van der Waals surface area contributed by atoms with Crippen molar-refractivity contribution in [2.24, 2.45) is 7.05 Å². The van der Waals surface area contributed by atoms with Gasteiger partial charge in [-0.25, -0.2) is 4.98 Å². The summed E-state index contributed by atoms with van der Waals surface area (Å²) in [5.41, 5.74) is 1.03. The highest BCUT2D eigenvalue weighted by atomic mass is 79.9. The van der Waals surface area contributed by atoms with E-state index < -0.39 is 11.7 Å². The van der Waals surface area contributed by atoms with Gasteiger partial charge in [0.15, 0.2) is 0 Å². The van der Waals surface area contributed by atoms with Gasteiger partial charge < -0.3 is 0 Å². The number of rotatable bonds is 2. The second kappa shape index (κ2) is 4.27. The molecule has 7 heteroatoms. The van der Waals surface area contributed by atoms with Crippen molar-refractivity contribution in [1.29, 1.82) is 0 Å². The molecular formula is C12H9BrN4O2. The number of benzene rings is 1. The predicted octanol–water partition coefficient (Wildman–Crippen LogP) is 1.31. The van der Waals surface area contributed by atoms with Crippen molar-refractivity contribution >= 4 is 33.3 Å². The zero-order valence-corrected chi connectivity index (χ0v) is 11.6. The SMILES string of the molecule is Cn1ncnc1CN1C(=O)C(=O)c2ccc(Br)cc21. The zero-order valence-electron chi connectivity index (χ0n) is 10.00. The maximum Gasteiger partial charge on any atom is 0.299 e. The van der Waals surface area contributed by atoms with Gasteiger partial charge in [-0.1, -0.05) is 15.9 Å². The van der Waals surface area contributed by atoms with Crippen LogP contribution in [0.2, 0.25) is 0 Å². The monoisotopic (exact) mass is 320 g/mol. The largest absolute Gasteiger partial charge is 0.299 e. The molecule has 0 bridgehead atoms. The Hall–Kier alpha value is -2.02. The summed E-state index contributed by atoms with van der Waals surface area (Å²) in [6, 6.07) is 5.15. The molecule has 0 aliphatic carbocycles. The maximum atomic E-state index is 12.0. The van der Waals surface area contributed by atoms with E-state index >= 15 is 0 Å². The van der Waals surface area contributed by atoms with E-state index in [0.717, 1.165) is 4.47 Å². The molecule has 0 fully saturated rings. The summed E-state index contributed by atoms with van der Waals surface area (Å²) in [4.78, 5) is 29.4. The first-order valence-electron chi connectivity index (χ1n) is 5.56. The topological polar surface area (TPSA) is 68.1 Å². The van der Waals surface area contributed by atoms with Crippen molar-refractivity contribution in [2.75, 3.05) is 4.90 Å². The molecule has 0 atom stereocenters. The van der Waals surface area contributed by atoms with Gasteiger partial charge in [-0.3, -0.25) is 19.2 Å². The van der Waals surface area contributed by atoms with Gasteiger partial charge in [-0.2, -0.15) is 5.10 Å². The number of nitrogens with zero attached hydrogens (tertiary/aromatic N) is 4. The van der Waals surface area contributed by atoms with Gasteiger partial charge in [0.2, 0.25) is 0 Å². The first kappa shape index (κ1) is 12.0. The number of amides is 1. The van der Waals surface area contributed by atoms with E-state index in [2.05, 4.69) is 26.0 Å². The summed E-state index contributed by atoms with van der Waals surface area (Å²) < 4.78 is 2.39. The summed E-state index contributed by atoms with van der Waals surface area (Å²) in [6.07, 6.45) is 1.42. The van der Waals surface area contributed by atoms with Crippen LogP contribution in [0.4, 0.5) is 5.69 Å². The molecular weight excluding hydrogens is 312 g/mol. The van der Waals surface area contributed by atoms with Gasteiger partial charge in [-0.05, 0) is 18.2 Å². The Morgan fingerprint density at radius 1 is 1.32 bits per heavy atom. The van der Waals surface area contributed by atoms with Crippen molar-refractivity contribution in [1.82, 2.24) is 14.8 Å². The molecule has 1 aliphatic rings. The van der Waals surface area contributed by atoms with Crippen LogP contribution < -0.4 is 4.90 Å². The van der Waals surface area contributed by atoms with Gasteiger partial charge in [0.1, 0.15) is 12.2 Å². The van der Waals surface area contributed by atoms with Crippen molar-refractivity contribution in [3.63, 3.8) is 0 Å². The van der Waals surface area contributed by atoms with Crippen LogP contribution in [0.3, 0.4) is 0 Å². The fourth-order valence-electron chi connectivity index (χ4n) is 2.03. The molecule has 1 aromatic carbocycles. The molecule has 0 spiro atoms. The maximum absolute atomic E-state index is 12.0. The second-order valence-electron chi connectivity index (χ2n) is 4.18. The smallest absolute Gasteiger partial charge is 0.297 e. The third-order valence-corrected chi connectivity index (χ3v) is 3.53. The number of halogens is 1. The molecule has 2 heterocycles. The third-order valence-electron chi connectivity index (χ3n) is 3.04. The number of hydrogen-bond donors (Lipinski definition) is 0. The summed E-state index contributed by atoms with van der Waals surface area (Å²) >= 11 is 3.34. The number of hydrogen-bond acceptors (Lipinski definition) is 4. The van der Waals surface area contributed by atoms with Crippen molar-refractivity contribution in [3.05, 3.63) is 40.4 Å². The van der Waals surface area contributed by atoms with Crippen LogP contribution in [-0.4, -0.2) is 26.5 Å². The van der Waals surface area contributed by atoms with Gasteiger partial charge >= 0.3 is 0 Å². The van der Waals surface area contributed by atoms with Crippen LogP contribution in [0, 0.1) is 0 Å². The van der Waals surface area contributed by atoms with E-state index in [1.807, 2.05) is 0 Å². The molecule has 0 saturated heterocycles. The van der Waals surface area contributed by atoms with Gasteiger partial charge in [0.25, 0.3) is 11.7 Å². The van der Waals surface area contributed by atoms with E-state index in [4.69, 9.17) is 0 Å². The Balaban J connectivity index is 2.04. The van der Waals surface area contributed by atoms with Crippen molar-refractivity contribution < 1.29 is 9.59 Å². The van der Waals surface area contributed by atoms with E-state index in [1.165, 1.54) is 11.2 Å². The highest BCUT2D eigenvalue weighted by molar-refractivity contribution is 9.10. The highest BCUT2D eigenvalue weighted by Gasteiger charge is 2.36. The summed E-state index contributed by atoms with van der Waals surface area (Å²) in [7, 11) is 1.74. The van der Waals surface area contributed by atoms with Crippen LogP contribution in [0.1, 0.15) is 16.2 Å². The Morgan fingerprint density at radius 3 is 2.79 bits per heavy atom. The lowest BCUT2D eigenvalue weighted by atomic mass is 10.1. The van der Waals surface area contributed by atoms with Crippen LogP contribution >= 0.6 is 15.9 Å².